The molecule has 0 saturated heterocycles. The van der Waals surface area contributed by atoms with Crippen LogP contribution in [0.5, 0.6) is 0 Å². The molecule has 11 heavy (non-hydrogen) atoms. The van der Waals surface area contributed by atoms with E-state index in [0.717, 1.165) is 6.20 Å². The Labute approximate surface area is 60.9 Å². The van der Waals surface area contributed by atoms with Gasteiger partial charge < -0.3 is 0 Å². The quantitative estimate of drug-likeness (QED) is 0.530. The van der Waals surface area contributed by atoms with Gasteiger partial charge in [0.2, 0.25) is 0 Å². The summed E-state index contributed by atoms with van der Waals surface area (Å²) in [5, 5.41) is 9.81. The average molecular weight is 151 g/mol. The van der Waals surface area contributed by atoms with Crippen molar-refractivity contribution in [2.45, 2.75) is 6.92 Å². The van der Waals surface area contributed by atoms with Crippen molar-refractivity contribution in [2.24, 2.45) is 0 Å². The summed E-state index contributed by atoms with van der Waals surface area (Å²) in [6, 6.07) is 0. The van der Waals surface area contributed by atoms with Crippen LogP contribution in [0.4, 0.5) is 0 Å². The maximum atomic E-state index is 11.0. The van der Waals surface area contributed by atoms with Crippen LogP contribution in [0.15, 0.2) is 11.0 Å². The molecule has 0 amide bonds. The summed E-state index contributed by atoms with van der Waals surface area (Å²) in [6.45, 7) is 1.74. The Balaban J connectivity index is 3.02. The SMILES string of the molecule is Cc1nc2nncc(=O)n2[nH]1. The topological polar surface area (TPSA) is 75.9 Å². The number of fused-ring (bicyclic) bond motifs is 1. The minimum atomic E-state index is -0.254. The van der Waals surface area contributed by atoms with E-state index in [1.165, 1.54) is 4.52 Å². The van der Waals surface area contributed by atoms with Crippen molar-refractivity contribution in [3.63, 3.8) is 0 Å². The second-order valence-corrected chi connectivity index (χ2v) is 2.13. The standard InChI is InChI=1S/C5H5N5O/c1-3-7-5-8-6-2-4(11)10(5)9-3/h2H,1H3,(H,7,8,9). The molecule has 6 heteroatoms. The van der Waals surface area contributed by atoms with Crippen LogP contribution in [-0.2, 0) is 0 Å². The largest absolute Gasteiger partial charge is 0.292 e. The van der Waals surface area contributed by atoms with Gasteiger partial charge in [0, 0.05) is 0 Å². The third kappa shape index (κ3) is 0.794. The van der Waals surface area contributed by atoms with Crippen molar-refractivity contribution in [2.75, 3.05) is 0 Å². The van der Waals surface area contributed by atoms with Crippen LogP contribution >= 0.6 is 0 Å². The number of nitrogens with one attached hydrogen (secondary N) is 1. The summed E-state index contributed by atoms with van der Waals surface area (Å²) >= 11 is 0. The molecule has 0 aliphatic carbocycles. The fourth-order valence-electron chi connectivity index (χ4n) is 0.845. The second-order valence-electron chi connectivity index (χ2n) is 2.13. The minimum absolute atomic E-state index is 0.254. The van der Waals surface area contributed by atoms with E-state index in [2.05, 4.69) is 20.3 Å². The van der Waals surface area contributed by atoms with Crippen LogP contribution in [-0.4, -0.2) is 24.8 Å². The molecule has 6 nitrogen and oxygen atoms in total. The van der Waals surface area contributed by atoms with E-state index in [4.69, 9.17) is 0 Å². The van der Waals surface area contributed by atoms with Crippen LogP contribution in [0.3, 0.4) is 0 Å². The first-order valence-corrected chi connectivity index (χ1v) is 3.04. The van der Waals surface area contributed by atoms with Crippen LogP contribution in [0.1, 0.15) is 5.82 Å². The lowest BCUT2D eigenvalue weighted by atomic mass is 10.8. The van der Waals surface area contributed by atoms with Crippen molar-refractivity contribution in [1.82, 2.24) is 24.8 Å². The molecule has 2 aromatic rings. The molecule has 0 fully saturated rings. The predicted octanol–water partition coefficient (Wildman–Crippen LogP) is -0.879. The molecule has 0 aliphatic heterocycles. The van der Waals surface area contributed by atoms with Gasteiger partial charge in [-0.25, -0.2) is 0 Å². The normalized spacial score (nSPS) is 10.6. The first-order chi connectivity index (χ1) is 5.27. The number of rotatable bonds is 0. The van der Waals surface area contributed by atoms with E-state index >= 15 is 0 Å². The Hall–Kier alpha value is -1.72. The first kappa shape index (κ1) is 6.02. The molecular formula is C5H5N5O. The lowest BCUT2D eigenvalue weighted by Gasteiger charge is -1.83. The Morgan fingerprint density at radius 3 is 3.18 bits per heavy atom. The highest BCUT2D eigenvalue weighted by molar-refractivity contribution is 5.22. The third-order valence-electron chi connectivity index (χ3n) is 1.28. The van der Waals surface area contributed by atoms with Crippen LogP contribution in [0.25, 0.3) is 5.78 Å². The molecule has 0 unspecified atom stereocenters. The third-order valence-corrected chi connectivity index (χ3v) is 1.28. The number of nitrogens with zero attached hydrogens (tertiary/aromatic N) is 4. The number of aryl methyl sites for hydroxylation is 1. The van der Waals surface area contributed by atoms with Crippen LogP contribution in [0.2, 0.25) is 0 Å². The Morgan fingerprint density at radius 1 is 1.64 bits per heavy atom. The highest BCUT2D eigenvalue weighted by atomic mass is 16.1. The second kappa shape index (κ2) is 1.88. The van der Waals surface area contributed by atoms with Crippen molar-refractivity contribution >= 4 is 5.78 Å². The van der Waals surface area contributed by atoms with E-state index < -0.39 is 0 Å². The zero-order valence-electron chi connectivity index (χ0n) is 5.77. The maximum Gasteiger partial charge on any atom is 0.292 e. The molecule has 0 radical (unpaired) electrons. The number of aromatic nitrogens is 5. The van der Waals surface area contributed by atoms with Gasteiger partial charge in [-0.2, -0.15) is 9.50 Å². The van der Waals surface area contributed by atoms with Gasteiger partial charge in [0.25, 0.3) is 11.3 Å². The molecule has 56 valence electrons. The van der Waals surface area contributed by atoms with Gasteiger partial charge in [0.1, 0.15) is 12.0 Å². The molecule has 0 spiro atoms. The summed E-state index contributed by atoms with van der Waals surface area (Å²) < 4.78 is 1.24. The van der Waals surface area contributed by atoms with Gasteiger partial charge in [-0.1, -0.05) is 0 Å². The molecular weight excluding hydrogens is 146 g/mol. The van der Waals surface area contributed by atoms with Crippen molar-refractivity contribution in [3.05, 3.63) is 22.4 Å². The predicted molar refractivity (Wildman–Crippen MR) is 36.1 cm³/mol. The molecule has 2 heterocycles. The van der Waals surface area contributed by atoms with E-state index in [1.807, 2.05) is 0 Å². The molecule has 2 rings (SSSR count). The van der Waals surface area contributed by atoms with E-state index in [1.54, 1.807) is 6.92 Å². The van der Waals surface area contributed by atoms with Gasteiger partial charge in [-0.15, -0.1) is 10.2 Å². The van der Waals surface area contributed by atoms with Crippen LogP contribution in [0, 0.1) is 6.92 Å². The van der Waals surface area contributed by atoms with Crippen molar-refractivity contribution in [1.29, 1.82) is 0 Å². The zero-order valence-corrected chi connectivity index (χ0v) is 5.77. The van der Waals surface area contributed by atoms with E-state index in [9.17, 15) is 4.79 Å². The van der Waals surface area contributed by atoms with Gasteiger partial charge in [0.05, 0.1) is 0 Å². The molecule has 0 saturated carbocycles. The summed E-state index contributed by atoms with van der Waals surface area (Å²) in [7, 11) is 0. The van der Waals surface area contributed by atoms with Gasteiger partial charge in [0.15, 0.2) is 0 Å². The molecule has 1 N–H and O–H groups in total. The maximum absolute atomic E-state index is 11.0. The lowest BCUT2D eigenvalue weighted by Crippen LogP contribution is -2.14. The minimum Gasteiger partial charge on any atom is -0.275 e. The van der Waals surface area contributed by atoms with Crippen molar-refractivity contribution < 1.29 is 0 Å². The molecule has 2 aromatic heterocycles. The van der Waals surface area contributed by atoms with E-state index in [-0.39, 0.29) is 5.56 Å². The summed E-state index contributed by atoms with van der Waals surface area (Å²) in [5.74, 6) is 0.942. The Bertz CT molecular complexity index is 441. The summed E-state index contributed by atoms with van der Waals surface area (Å²) in [4.78, 5) is 14.9. The molecule has 0 aromatic carbocycles. The fraction of sp³-hybridized carbons (Fsp3) is 0.200. The Kier molecular flexibility index (Phi) is 1.03. The van der Waals surface area contributed by atoms with E-state index in [0.29, 0.717) is 11.6 Å². The number of hydrogen-bond donors (Lipinski definition) is 1. The van der Waals surface area contributed by atoms with Gasteiger partial charge >= 0.3 is 0 Å². The number of aromatic amines is 1. The smallest absolute Gasteiger partial charge is 0.275 e. The monoisotopic (exact) mass is 151 g/mol. The van der Waals surface area contributed by atoms with Gasteiger partial charge in [-0.3, -0.25) is 9.89 Å². The molecule has 0 atom stereocenters. The average Bonchev–Trinajstić information content (AvgIpc) is 2.31. The summed E-state index contributed by atoms with van der Waals surface area (Å²) in [5.41, 5.74) is -0.254. The highest BCUT2D eigenvalue weighted by Crippen LogP contribution is 1.88. The summed E-state index contributed by atoms with van der Waals surface area (Å²) in [6.07, 6.45) is 1.13. The Morgan fingerprint density at radius 2 is 2.45 bits per heavy atom. The van der Waals surface area contributed by atoms with Gasteiger partial charge in [-0.05, 0) is 6.92 Å². The molecule has 0 aliphatic rings. The number of hydrogen-bond acceptors (Lipinski definition) is 4. The van der Waals surface area contributed by atoms with Crippen LogP contribution < -0.4 is 5.56 Å². The number of H-pyrrole nitrogens is 1. The highest BCUT2D eigenvalue weighted by Gasteiger charge is 1.99. The fourth-order valence-corrected chi connectivity index (χ4v) is 0.845. The lowest BCUT2D eigenvalue weighted by molar-refractivity contribution is 0.840. The molecule has 0 bridgehead atoms. The first-order valence-electron chi connectivity index (χ1n) is 3.04. The van der Waals surface area contributed by atoms with Crippen molar-refractivity contribution in [3.8, 4) is 0 Å². The zero-order chi connectivity index (χ0) is 7.84.